The molecule has 0 bridgehead atoms. The van der Waals surface area contributed by atoms with Gasteiger partial charge in [0, 0.05) is 25.2 Å². The van der Waals surface area contributed by atoms with E-state index in [2.05, 4.69) is 10.6 Å². The molecule has 9 heteroatoms. The molecule has 0 saturated carbocycles. The van der Waals surface area contributed by atoms with E-state index in [-0.39, 0.29) is 0 Å². The van der Waals surface area contributed by atoms with Crippen molar-refractivity contribution >= 4 is 24.0 Å². The van der Waals surface area contributed by atoms with Gasteiger partial charge in [0.05, 0.1) is 0 Å². The van der Waals surface area contributed by atoms with Crippen LogP contribution in [0, 0.1) is 0 Å². The van der Waals surface area contributed by atoms with Crippen molar-refractivity contribution < 1.29 is 29.1 Å². The van der Waals surface area contributed by atoms with E-state index in [4.69, 9.17) is 9.90 Å². The number of carbonyl (C=O) groups is 4. The standard InChI is InChI=1S/C9H10N2O4.CH3NO2/c12-7-3-4-8(13)11(7)15-9(14)10-5-1-2-6-10;2-1(3)4/h3-4H,1-2,5-6H2;2H2,(H,3,4). The number of amides is 4. The van der Waals surface area contributed by atoms with Gasteiger partial charge in [0.1, 0.15) is 0 Å². The molecular weight excluding hydrogens is 258 g/mol. The Morgan fingerprint density at radius 1 is 1.16 bits per heavy atom. The first-order valence-electron chi connectivity index (χ1n) is 5.43. The summed E-state index contributed by atoms with van der Waals surface area (Å²) in [6.07, 6.45) is 2.02. The smallest absolute Gasteiger partial charge is 0.434 e. The maximum absolute atomic E-state index is 11.4. The molecule has 0 spiro atoms. The summed E-state index contributed by atoms with van der Waals surface area (Å²) in [5.41, 5.74) is 4.03. The molecule has 4 amide bonds. The minimum atomic E-state index is -1.33. The Bertz CT molecular complexity index is 405. The fourth-order valence-corrected chi connectivity index (χ4v) is 1.51. The molecule has 0 aromatic rings. The van der Waals surface area contributed by atoms with Gasteiger partial charge in [-0.05, 0) is 12.8 Å². The number of nitrogens with zero attached hydrogens (tertiary/aromatic N) is 2. The fourth-order valence-electron chi connectivity index (χ4n) is 1.51. The lowest BCUT2D eigenvalue weighted by molar-refractivity contribution is -0.171. The second-order valence-corrected chi connectivity index (χ2v) is 3.69. The van der Waals surface area contributed by atoms with Crippen LogP contribution in [-0.2, 0) is 14.4 Å². The van der Waals surface area contributed by atoms with Crippen molar-refractivity contribution in [1.29, 1.82) is 0 Å². The van der Waals surface area contributed by atoms with E-state index in [1.807, 2.05) is 0 Å². The third kappa shape index (κ3) is 4.30. The Labute approximate surface area is 108 Å². The van der Waals surface area contributed by atoms with E-state index in [1.54, 1.807) is 0 Å². The van der Waals surface area contributed by atoms with Crippen molar-refractivity contribution in [3.8, 4) is 0 Å². The van der Waals surface area contributed by atoms with Crippen molar-refractivity contribution in [3.63, 3.8) is 0 Å². The molecule has 2 rings (SSSR count). The maximum atomic E-state index is 11.4. The van der Waals surface area contributed by atoms with Gasteiger partial charge in [-0.15, -0.1) is 0 Å². The molecule has 2 heterocycles. The Balaban J connectivity index is 0.000000399. The molecule has 1 fully saturated rings. The van der Waals surface area contributed by atoms with Crippen LogP contribution < -0.4 is 5.73 Å². The van der Waals surface area contributed by atoms with Crippen LogP contribution in [0.3, 0.4) is 0 Å². The van der Waals surface area contributed by atoms with Crippen LogP contribution in [0.1, 0.15) is 12.8 Å². The molecule has 104 valence electrons. The zero-order chi connectivity index (χ0) is 14.4. The number of imide groups is 1. The number of likely N-dealkylation sites (tertiary alicyclic amines) is 1. The van der Waals surface area contributed by atoms with E-state index in [0.29, 0.717) is 18.2 Å². The minimum absolute atomic E-state index is 0.473. The number of hydrogen-bond donors (Lipinski definition) is 2. The topological polar surface area (TPSA) is 130 Å². The van der Waals surface area contributed by atoms with Gasteiger partial charge in [0.25, 0.3) is 11.8 Å². The molecule has 0 aromatic heterocycles. The van der Waals surface area contributed by atoms with Crippen LogP contribution in [0.2, 0.25) is 0 Å². The molecule has 2 aliphatic heterocycles. The minimum Gasteiger partial charge on any atom is -0.465 e. The molecule has 0 atom stereocenters. The van der Waals surface area contributed by atoms with Crippen molar-refractivity contribution in [3.05, 3.63) is 12.2 Å². The van der Waals surface area contributed by atoms with Crippen molar-refractivity contribution in [2.75, 3.05) is 13.1 Å². The number of rotatable bonds is 1. The Morgan fingerprint density at radius 3 is 2.00 bits per heavy atom. The van der Waals surface area contributed by atoms with E-state index in [0.717, 1.165) is 25.0 Å². The van der Waals surface area contributed by atoms with Gasteiger partial charge in [-0.25, -0.2) is 9.59 Å². The molecule has 9 nitrogen and oxygen atoms in total. The summed E-state index contributed by atoms with van der Waals surface area (Å²) in [7, 11) is 0. The van der Waals surface area contributed by atoms with Gasteiger partial charge in [-0.3, -0.25) is 9.59 Å². The van der Waals surface area contributed by atoms with Crippen LogP contribution in [0.4, 0.5) is 9.59 Å². The number of hydroxylamine groups is 2. The lowest BCUT2D eigenvalue weighted by Gasteiger charge is -2.18. The normalized spacial score (nSPS) is 17.3. The largest absolute Gasteiger partial charge is 0.465 e. The Kier molecular flexibility index (Phi) is 4.86. The quantitative estimate of drug-likeness (QED) is 0.628. The fraction of sp³-hybridized carbons (Fsp3) is 0.400. The van der Waals surface area contributed by atoms with E-state index < -0.39 is 24.0 Å². The van der Waals surface area contributed by atoms with E-state index >= 15 is 0 Å². The van der Waals surface area contributed by atoms with Crippen LogP contribution in [0.5, 0.6) is 0 Å². The summed E-state index contributed by atoms with van der Waals surface area (Å²) in [6.45, 7) is 1.23. The highest BCUT2D eigenvalue weighted by molar-refractivity contribution is 6.12. The molecule has 2 aliphatic rings. The number of carboxylic acid groups (broad SMARTS) is 1. The zero-order valence-corrected chi connectivity index (χ0v) is 9.94. The third-order valence-corrected chi connectivity index (χ3v) is 2.30. The predicted molar refractivity (Wildman–Crippen MR) is 60.5 cm³/mol. The third-order valence-electron chi connectivity index (χ3n) is 2.30. The molecule has 0 radical (unpaired) electrons. The maximum Gasteiger partial charge on any atom is 0.434 e. The first-order valence-corrected chi connectivity index (χ1v) is 5.43. The van der Waals surface area contributed by atoms with E-state index in [9.17, 15) is 14.4 Å². The van der Waals surface area contributed by atoms with E-state index in [1.165, 1.54) is 4.90 Å². The van der Waals surface area contributed by atoms with Crippen molar-refractivity contribution in [2.24, 2.45) is 5.73 Å². The highest BCUT2D eigenvalue weighted by Crippen LogP contribution is 2.11. The number of primary amides is 1. The summed E-state index contributed by atoms with van der Waals surface area (Å²) < 4.78 is 0. The lowest BCUT2D eigenvalue weighted by atomic mass is 10.4. The molecule has 0 aromatic carbocycles. The van der Waals surface area contributed by atoms with Crippen LogP contribution in [0.15, 0.2) is 12.2 Å². The lowest BCUT2D eigenvalue weighted by Crippen LogP contribution is -2.38. The van der Waals surface area contributed by atoms with Crippen molar-refractivity contribution in [1.82, 2.24) is 9.96 Å². The average Bonchev–Trinajstić information content (AvgIpc) is 2.93. The van der Waals surface area contributed by atoms with Crippen LogP contribution >= 0.6 is 0 Å². The summed E-state index contributed by atoms with van der Waals surface area (Å²) in [5.74, 6) is -1.24. The number of nitrogens with two attached hydrogens (primary N) is 1. The molecule has 19 heavy (non-hydrogen) atoms. The van der Waals surface area contributed by atoms with Gasteiger partial charge >= 0.3 is 12.2 Å². The summed E-state index contributed by atoms with van der Waals surface area (Å²) in [5, 5.41) is 7.67. The highest BCUT2D eigenvalue weighted by atomic mass is 16.7. The average molecular weight is 271 g/mol. The van der Waals surface area contributed by atoms with Crippen molar-refractivity contribution in [2.45, 2.75) is 12.8 Å². The highest BCUT2D eigenvalue weighted by Gasteiger charge is 2.30. The first-order chi connectivity index (χ1) is 8.91. The first kappa shape index (κ1) is 14.5. The van der Waals surface area contributed by atoms with Crippen LogP contribution in [0.25, 0.3) is 0 Å². The summed E-state index contributed by atoms with van der Waals surface area (Å²) in [6, 6.07) is 0. The number of hydrogen-bond acceptors (Lipinski definition) is 5. The van der Waals surface area contributed by atoms with Gasteiger partial charge in [-0.1, -0.05) is 5.06 Å². The monoisotopic (exact) mass is 271 g/mol. The van der Waals surface area contributed by atoms with Gasteiger partial charge in [0.2, 0.25) is 0 Å². The molecule has 0 unspecified atom stereocenters. The van der Waals surface area contributed by atoms with Gasteiger partial charge in [-0.2, -0.15) is 0 Å². The molecular formula is C10H13N3O6. The second-order valence-electron chi connectivity index (χ2n) is 3.69. The molecule has 0 aliphatic carbocycles. The van der Waals surface area contributed by atoms with Crippen LogP contribution in [-0.4, -0.2) is 52.2 Å². The number of carbonyl (C=O) groups excluding carboxylic acids is 3. The Hall–Kier alpha value is -2.58. The van der Waals surface area contributed by atoms with Gasteiger partial charge < -0.3 is 20.6 Å². The molecule has 3 N–H and O–H groups in total. The molecule has 1 saturated heterocycles. The zero-order valence-electron chi connectivity index (χ0n) is 9.94. The SMILES string of the molecule is NC(=O)O.O=C(ON1C(=O)C=CC1=O)N1CCCC1. The summed E-state index contributed by atoms with van der Waals surface area (Å²) in [4.78, 5) is 48.5. The van der Waals surface area contributed by atoms with Gasteiger partial charge in [0.15, 0.2) is 0 Å². The Morgan fingerprint density at radius 2 is 1.58 bits per heavy atom. The summed E-state index contributed by atoms with van der Waals surface area (Å²) >= 11 is 0. The second kappa shape index (κ2) is 6.38. The predicted octanol–water partition coefficient (Wildman–Crippen LogP) is -0.318.